The second-order valence-electron chi connectivity index (χ2n) is 7.01. The number of fused-ring (bicyclic) bond motifs is 1. The zero-order valence-electron chi connectivity index (χ0n) is 16.7. The molecule has 4 rings (SSSR count). The molecule has 2 amide bonds. The summed E-state index contributed by atoms with van der Waals surface area (Å²) in [6.45, 7) is 0.0359. The van der Waals surface area contributed by atoms with Gasteiger partial charge < -0.3 is 4.74 Å². The lowest BCUT2D eigenvalue weighted by Crippen LogP contribution is -2.49. The third kappa shape index (κ3) is 3.83. The number of amides is 2. The number of para-hydroxylation sites is 1. The standard InChI is InChI=1S/C23H19N3O4S/c1-30-20-11-9-17(10-12-20)16-26-23(27)25(15-19-6-4-5-18(13-19)14-24)21-7-2-3-8-22(21)31(26,28)29/h2-13H,15-16H2,1H3. The summed E-state index contributed by atoms with van der Waals surface area (Å²) in [5, 5.41) is 9.16. The molecule has 1 aliphatic heterocycles. The molecule has 0 atom stereocenters. The number of benzene rings is 3. The number of ether oxygens (including phenoxy) is 1. The maximum Gasteiger partial charge on any atom is 0.339 e. The Morgan fingerprint density at radius 3 is 2.39 bits per heavy atom. The number of nitrogens with zero attached hydrogens (tertiary/aromatic N) is 3. The molecule has 156 valence electrons. The topological polar surface area (TPSA) is 90.7 Å². The van der Waals surface area contributed by atoms with Crippen LogP contribution in [0.15, 0.2) is 77.7 Å². The fourth-order valence-corrected chi connectivity index (χ4v) is 5.04. The van der Waals surface area contributed by atoms with Gasteiger partial charge in [0.1, 0.15) is 10.6 Å². The summed E-state index contributed by atoms with van der Waals surface area (Å²) >= 11 is 0. The summed E-state index contributed by atoms with van der Waals surface area (Å²) in [4.78, 5) is 14.9. The first-order valence-electron chi connectivity index (χ1n) is 9.49. The average Bonchev–Trinajstić information content (AvgIpc) is 2.80. The van der Waals surface area contributed by atoms with Crippen molar-refractivity contribution in [2.45, 2.75) is 18.0 Å². The van der Waals surface area contributed by atoms with Gasteiger partial charge in [0.05, 0.1) is 37.5 Å². The molecule has 0 spiro atoms. The van der Waals surface area contributed by atoms with Crippen LogP contribution in [0.4, 0.5) is 10.5 Å². The summed E-state index contributed by atoms with van der Waals surface area (Å²) in [7, 11) is -2.48. The van der Waals surface area contributed by atoms with Gasteiger partial charge in [0.15, 0.2) is 0 Å². The maximum absolute atomic E-state index is 13.4. The van der Waals surface area contributed by atoms with Crippen LogP contribution in [0.5, 0.6) is 5.75 Å². The highest BCUT2D eigenvalue weighted by Crippen LogP contribution is 2.36. The SMILES string of the molecule is COc1ccc(CN2C(=O)N(Cc3cccc(C#N)c3)c3ccccc3S2(=O)=O)cc1. The van der Waals surface area contributed by atoms with Gasteiger partial charge in [-0.1, -0.05) is 36.4 Å². The van der Waals surface area contributed by atoms with Crippen molar-refractivity contribution >= 4 is 21.7 Å². The van der Waals surface area contributed by atoms with Crippen molar-refractivity contribution < 1.29 is 17.9 Å². The van der Waals surface area contributed by atoms with Gasteiger partial charge in [-0.05, 0) is 47.5 Å². The molecular formula is C23H19N3O4S. The molecular weight excluding hydrogens is 414 g/mol. The van der Waals surface area contributed by atoms with Crippen LogP contribution in [0.2, 0.25) is 0 Å². The van der Waals surface area contributed by atoms with Crippen molar-refractivity contribution in [3.8, 4) is 11.8 Å². The van der Waals surface area contributed by atoms with E-state index < -0.39 is 16.1 Å². The lowest BCUT2D eigenvalue weighted by atomic mass is 10.1. The third-order valence-corrected chi connectivity index (χ3v) is 6.82. The van der Waals surface area contributed by atoms with E-state index in [1.807, 2.05) is 0 Å². The molecule has 3 aromatic rings. The number of carbonyl (C=O) groups excluding carboxylic acids is 1. The summed E-state index contributed by atoms with van der Waals surface area (Å²) in [5.41, 5.74) is 2.17. The van der Waals surface area contributed by atoms with E-state index in [0.717, 1.165) is 9.87 Å². The van der Waals surface area contributed by atoms with Crippen molar-refractivity contribution in [2.24, 2.45) is 0 Å². The molecule has 1 aliphatic rings. The highest BCUT2D eigenvalue weighted by molar-refractivity contribution is 7.90. The predicted molar refractivity (Wildman–Crippen MR) is 115 cm³/mol. The van der Waals surface area contributed by atoms with Crippen LogP contribution < -0.4 is 9.64 Å². The van der Waals surface area contributed by atoms with Crippen molar-refractivity contribution in [3.05, 3.63) is 89.5 Å². The highest BCUT2D eigenvalue weighted by atomic mass is 32.2. The first-order chi connectivity index (χ1) is 14.9. The Hall–Kier alpha value is -3.83. The van der Waals surface area contributed by atoms with E-state index in [4.69, 9.17) is 10.00 Å². The molecule has 0 aromatic heterocycles. The summed E-state index contributed by atoms with van der Waals surface area (Å²) < 4.78 is 32.5. The zero-order valence-corrected chi connectivity index (χ0v) is 17.5. The smallest absolute Gasteiger partial charge is 0.339 e. The number of anilines is 1. The lowest BCUT2D eigenvalue weighted by Gasteiger charge is -2.36. The zero-order chi connectivity index (χ0) is 22.0. The van der Waals surface area contributed by atoms with E-state index in [0.29, 0.717) is 22.6 Å². The van der Waals surface area contributed by atoms with E-state index in [2.05, 4.69) is 6.07 Å². The number of rotatable bonds is 5. The first-order valence-corrected chi connectivity index (χ1v) is 10.9. The highest BCUT2D eigenvalue weighted by Gasteiger charge is 2.41. The normalized spacial score (nSPS) is 14.6. The van der Waals surface area contributed by atoms with Crippen LogP contribution in [0, 0.1) is 11.3 Å². The van der Waals surface area contributed by atoms with Crippen molar-refractivity contribution in [2.75, 3.05) is 12.0 Å². The number of urea groups is 1. The van der Waals surface area contributed by atoms with Gasteiger partial charge in [-0.25, -0.2) is 17.5 Å². The second kappa shape index (κ2) is 8.13. The van der Waals surface area contributed by atoms with Gasteiger partial charge in [-0.3, -0.25) is 4.90 Å². The van der Waals surface area contributed by atoms with Gasteiger partial charge in [-0.15, -0.1) is 0 Å². The van der Waals surface area contributed by atoms with Crippen LogP contribution in [-0.4, -0.2) is 25.9 Å². The molecule has 0 saturated heterocycles. The van der Waals surface area contributed by atoms with Crippen LogP contribution in [-0.2, 0) is 23.1 Å². The molecule has 0 aliphatic carbocycles. The molecule has 0 radical (unpaired) electrons. The number of nitriles is 1. The Morgan fingerprint density at radius 1 is 0.935 bits per heavy atom. The summed E-state index contributed by atoms with van der Waals surface area (Å²) in [6, 6.07) is 21.7. The van der Waals surface area contributed by atoms with E-state index in [-0.39, 0.29) is 18.0 Å². The molecule has 3 aromatic carbocycles. The molecule has 8 heteroatoms. The fourth-order valence-electron chi connectivity index (χ4n) is 3.48. The van der Waals surface area contributed by atoms with Gasteiger partial charge in [0, 0.05) is 0 Å². The molecule has 0 bridgehead atoms. The molecule has 31 heavy (non-hydrogen) atoms. The Balaban J connectivity index is 1.74. The fraction of sp³-hybridized carbons (Fsp3) is 0.130. The summed E-state index contributed by atoms with van der Waals surface area (Å²) in [6.07, 6.45) is 0. The largest absolute Gasteiger partial charge is 0.497 e. The number of carbonyl (C=O) groups is 1. The molecule has 0 saturated carbocycles. The molecule has 7 nitrogen and oxygen atoms in total. The third-order valence-electron chi connectivity index (χ3n) is 5.05. The Labute approximate surface area is 180 Å². The first kappa shape index (κ1) is 20.4. The second-order valence-corrected chi connectivity index (χ2v) is 8.84. The predicted octanol–water partition coefficient (Wildman–Crippen LogP) is 3.90. The van der Waals surface area contributed by atoms with E-state index >= 15 is 0 Å². The minimum Gasteiger partial charge on any atom is -0.497 e. The Kier molecular flexibility index (Phi) is 5.36. The van der Waals surface area contributed by atoms with Crippen LogP contribution in [0.3, 0.4) is 0 Å². The van der Waals surface area contributed by atoms with Gasteiger partial charge in [0.25, 0.3) is 10.0 Å². The van der Waals surface area contributed by atoms with E-state index in [9.17, 15) is 13.2 Å². The van der Waals surface area contributed by atoms with Gasteiger partial charge >= 0.3 is 6.03 Å². The summed E-state index contributed by atoms with van der Waals surface area (Å²) in [5.74, 6) is 0.640. The molecule has 0 N–H and O–H groups in total. The molecule has 0 unspecified atom stereocenters. The van der Waals surface area contributed by atoms with Crippen LogP contribution >= 0.6 is 0 Å². The van der Waals surface area contributed by atoms with Crippen LogP contribution in [0.1, 0.15) is 16.7 Å². The number of methoxy groups -OCH3 is 1. The van der Waals surface area contributed by atoms with E-state index in [1.54, 1.807) is 73.8 Å². The molecule has 0 fully saturated rings. The molecule has 1 heterocycles. The minimum absolute atomic E-state index is 0.0690. The number of hydrogen-bond acceptors (Lipinski definition) is 5. The van der Waals surface area contributed by atoms with Crippen molar-refractivity contribution in [3.63, 3.8) is 0 Å². The van der Waals surface area contributed by atoms with E-state index in [1.165, 1.54) is 11.0 Å². The Morgan fingerprint density at radius 2 is 1.68 bits per heavy atom. The number of sulfonamides is 1. The maximum atomic E-state index is 13.4. The Bertz CT molecular complexity index is 1280. The van der Waals surface area contributed by atoms with Crippen molar-refractivity contribution in [1.29, 1.82) is 5.26 Å². The minimum atomic E-state index is -4.03. The monoisotopic (exact) mass is 433 g/mol. The van der Waals surface area contributed by atoms with Crippen molar-refractivity contribution in [1.82, 2.24) is 4.31 Å². The average molecular weight is 433 g/mol. The van der Waals surface area contributed by atoms with Gasteiger partial charge in [0.2, 0.25) is 0 Å². The van der Waals surface area contributed by atoms with Gasteiger partial charge in [-0.2, -0.15) is 5.26 Å². The quantitative estimate of drug-likeness (QED) is 0.609. The van der Waals surface area contributed by atoms with Crippen LogP contribution in [0.25, 0.3) is 0 Å². The lowest BCUT2D eigenvalue weighted by molar-refractivity contribution is 0.226. The number of hydrogen-bond donors (Lipinski definition) is 0.